The molecule has 4 nitrogen and oxygen atoms in total. The largest absolute Gasteiger partial charge is 0.480 e. The predicted octanol–water partition coefficient (Wildman–Crippen LogP) is 0.827. The zero-order valence-electron chi connectivity index (χ0n) is 9.34. The van der Waals surface area contributed by atoms with Crippen molar-refractivity contribution in [2.75, 3.05) is 13.6 Å². The molecule has 3 N–H and O–H groups in total. The van der Waals surface area contributed by atoms with E-state index in [4.69, 9.17) is 5.11 Å². The Morgan fingerprint density at radius 2 is 2.00 bits per heavy atom. The molecular weight excluding hydrogens is 180 g/mol. The van der Waals surface area contributed by atoms with Gasteiger partial charge in [0.2, 0.25) is 0 Å². The lowest BCUT2D eigenvalue weighted by atomic mass is 10.1. The second-order valence-electron chi connectivity index (χ2n) is 3.81. The number of hydrogen-bond acceptors (Lipinski definition) is 3. The molecule has 0 spiro atoms. The summed E-state index contributed by atoms with van der Waals surface area (Å²) in [6.45, 7) is 4.88. The Bertz CT molecular complexity index is 160. The Kier molecular flexibility index (Phi) is 7.42. The number of carbonyl (C=O) groups is 1. The molecule has 0 saturated carbocycles. The fourth-order valence-electron chi connectivity index (χ4n) is 1.33. The van der Waals surface area contributed by atoms with Gasteiger partial charge in [0, 0.05) is 6.04 Å². The third-order valence-corrected chi connectivity index (χ3v) is 2.00. The lowest BCUT2D eigenvalue weighted by Crippen LogP contribution is -2.40. The molecule has 0 radical (unpaired) electrons. The van der Waals surface area contributed by atoms with E-state index >= 15 is 0 Å². The van der Waals surface area contributed by atoms with Crippen molar-refractivity contribution in [2.45, 2.75) is 45.2 Å². The predicted molar refractivity (Wildman–Crippen MR) is 57.5 cm³/mol. The van der Waals surface area contributed by atoms with Crippen LogP contribution in [0.15, 0.2) is 0 Å². The van der Waals surface area contributed by atoms with Crippen LogP contribution in [0.3, 0.4) is 0 Å². The van der Waals surface area contributed by atoms with Crippen LogP contribution in [-0.2, 0) is 4.79 Å². The summed E-state index contributed by atoms with van der Waals surface area (Å²) in [5.74, 6) is -0.747. The number of aliphatic carboxylic acids is 1. The highest BCUT2D eigenvalue weighted by atomic mass is 16.4. The number of carboxylic acid groups (broad SMARTS) is 1. The molecule has 0 rings (SSSR count). The van der Waals surface area contributed by atoms with Crippen LogP contribution < -0.4 is 10.6 Å². The van der Waals surface area contributed by atoms with Crippen molar-refractivity contribution in [2.24, 2.45) is 0 Å². The van der Waals surface area contributed by atoms with Crippen LogP contribution in [0, 0.1) is 0 Å². The molecule has 14 heavy (non-hydrogen) atoms. The Morgan fingerprint density at radius 3 is 2.43 bits per heavy atom. The van der Waals surface area contributed by atoms with Gasteiger partial charge in [0.15, 0.2) is 0 Å². The molecule has 0 saturated heterocycles. The van der Waals surface area contributed by atoms with E-state index in [-0.39, 0.29) is 6.04 Å². The van der Waals surface area contributed by atoms with Gasteiger partial charge < -0.3 is 15.7 Å². The maximum atomic E-state index is 10.8. The smallest absolute Gasteiger partial charge is 0.320 e. The minimum absolute atomic E-state index is 0.223. The van der Waals surface area contributed by atoms with Crippen LogP contribution in [0.4, 0.5) is 0 Å². The molecule has 0 fully saturated rings. The Balaban J connectivity index is 3.68. The lowest BCUT2D eigenvalue weighted by molar-refractivity contribution is -0.139. The van der Waals surface area contributed by atoms with E-state index in [0.29, 0.717) is 6.42 Å². The lowest BCUT2D eigenvalue weighted by Gasteiger charge is -2.16. The SMILES string of the molecule is CNCCCCC(NC(C)C)C(=O)O. The zero-order valence-corrected chi connectivity index (χ0v) is 9.34. The third-order valence-electron chi connectivity index (χ3n) is 2.00. The number of nitrogens with one attached hydrogen (secondary N) is 2. The molecule has 0 amide bonds. The quantitative estimate of drug-likeness (QED) is 0.510. The highest BCUT2D eigenvalue weighted by molar-refractivity contribution is 5.73. The van der Waals surface area contributed by atoms with Crippen LogP contribution in [0.5, 0.6) is 0 Å². The molecule has 0 aromatic heterocycles. The topological polar surface area (TPSA) is 61.4 Å². The van der Waals surface area contributed by atoms with Gasteiger partial charge in [-0.05, 0) is 26.4 Å². The summed E-state index contributed by atoms with van der Waals surface area (Å²) in [5.41, 5.74) is 0. The molecule has 0 aliphatic rings. The first-order valence-corrected chi connectivity index (χ1v) is 5.21. The fourth-order valence-corrected chi connectivity index (χ4v) is 1.33. The van der Waals surface area contributed by atoms with Crippen molar-refractivity contribution in [1.82, 2.24) is 10.6 Å². The van der Waals surface area contributed by atoms with Gasteiger partial charge in [0.25, 0.3) is 0 Å². The molecule has 0 aromatic rings. The van der Waals surface area contributed by atoms with Gasteiger partial charge in [0.1, 0.15) is 6.04 Å². The highest BCUT2D eigenvalue weighted by Gasteiger charge is 2.16. The molecule has 84 valence electrons. The Morgan fingerprint density at radius 1 is 1.36 bits per heavy atom. The van der Waals surface area contributed by atoms with Crippen molar-refractivity contribution in [3.05, 3.63) is 0 Å². The second-order valence-corrected chi connectivity index (χ2v) is 3.81. The molecule has 0 aromatic carbocycles. The molecule has 1 unspecified atom stereocenters. The van der Waals surface area contributed by atoms with Crippen LogP contribution in [-0.4, -0.2) is 36.8 Å². The van der Waals surface area contributed by atoms with Crippen LogP contribution in [0.2, 0.25) is 0 Å². The summed E-state index contributed by atoms with van der Waals surface area (Å²) in [6.07, 6.45) is 2.67. The Labute approximate surface area is 86.1 Å². The van der Waals surface area contributed by atoms with E-state index in [0.717, 1.165) is 19.4 Å². The summed E-state index contributed by atoms with van der Waals surface area (Å²) in [6, 6.07) is -0.174. The first-order chi connectivity index (χ1) is 6.57. The third kappa shape index (κ3) is 6.86. The fraction of sp³-hybridized carbons (Fsp3) is 0.900. The van der Waals surface area contributed by atoms with Crippen molar-refractivity contribution in [3.8, 4) is 0 Å². The summed E-state index contributed by atoms with van der Waals surface area (Å²) < 4.78 is 0. The molecular formula is C10H22N2O2. The number of hydrogen-bond donors (Lipinski definition) is 3. The molecule has 1 atom stereocenters. The van der Waals surface area contributed by atoms with Crippen LogP contribution in [0.1, 0.15) is 33.1 Å². The summed E-state index contributed by atoms with van der Waals surface area (Å²) in [7, 11) is 1.90. The summed E-state index contributed by atoms with van der Waals surface area (Å²) >= 11 is 0. The van der Waals surface area contributed by atoms with Gasteiger partial charge in [0.05, 0.1) is 0 Å². The average molecular weight is 202 g/mol. The van der Waals surface area contributed by atoms with E-state index in [2.05, 4.69) is 10.6 Å². The monoisotopic (exact) mass is 202 g/mol. The van der Waals surface area contributed by atoms with E-state index < -0.39 is 12.0 Å². The van der Waals surface area contributed by atoms with E-state index in [1.807, 2.05) is 20.9 Å². The van der Waals surface area contributed by atoms with Crippen molar-refractivity contribution in [3.63, 3.8) is 0 Å². The highest BCUT2D eigenvalue weighted by Crippen LogP contribution is 2.02. The van der Waals surface area contributed by atoms with E-state index in [1.165, 1.54) is 0 Å². The normalized spacial score (nSPS) is 13.1. The second kappa shape index (κ2) is 7.76. The number of unbranched alkanes of at least 4 members (excludes halogenated alkanes) is 1. The Hall–Kier alpha value is -0.610. The van der Waals surface area contributed by atoms with Crippen LogP contribution in [0.25, 0.3) is 0 Å². The molecule has 0 heterocycles. The summed E-state index contributed by atoms with van der Waals surface area (Å²) in [4.78, 5) is 10.8. The maximum Gasteiger partial charge on any atom is 0.320 e. The maximum absolute atomic E-state index is 10.8. The first-order valence-electron chi connectivity index (χ1n) is 5.21. The minimum Gasteiger partial charge on any atom is -0.480 e. The van der Waals surface area contributed by atoms with Crippen molar-refractivity contribution >= 4 is 5.97 Å². The van der Waals surface area contributed by atoms with Gasteiger partial charge in [-0.15, -0.1) is 0 Å². The molecule has 0 aliphatic heterocycles. The van der Waals surface area contributed by atoms with Gasteiger partial charge >= 0.3 is 5.97 Å². The number of rotatable bonds is 8. The molecule has 4 heteroatoms. The van der Waals surface area contributed by atoms with Crippen LogP contribution >= 0.6 is 0 Å². The molecule has 0 aliphatic carbocycles. The zero-order chi connectivity index (χ0) is 11.0. The minimum atomic E-state index is -0.747. The van der Waals surface area contributed by atoms with Crippen molar-refractivity contribution < 1.29 is 9.90 Å². The molecule has 0 bridgehead atoms. The van der Waals surface area contributed by atoms with E-state index in [1.54, 1.807) is 0 Å². The van der Waals surface area contributed by atoms with E-state index in [9.17, 15) is 4.79 Å². The van der Waals surface area contributed by atoms with Gasteiger partial charge in [-0.25, -0.2) is 0 Å². The number of carboxylic acids is 1. The van der Waals surface area contributed by atoms with Crippen molar-refractivity contribution in [1.29, 1.82) is 0 Å². The standard InChI is InChI=1S/C10H22N2O2/c1-8(2)12-9(10(13)14)6-4-5-7-11-3/h8-9,11-12H,4-7H2,1-3H3,(H,13,14). The van der Waals surface area contributed by atoms with Gasteiger partial charge in [-0.3, -0.25) is 4.79 Å². The van der Waals surface area contributed by atoms with Gasteiger partial charge in [-0.2, -0.15) is 0 Å². The summed E-state index contributed by atoms with van der Waals surface area (Å²) in [5, 5.41) is 15.0. The van der Waals surface area contributed by atoms with Gasteiger partial charge in [-0.1, -0.05) is 20.3 Å². The average Bonchev–Trinajstić information content (AvgIpc) is 2.09. The first kappa shape index (κ1) is 13.4.